The molecular formula is C53H85N7O15. The molecule has 22 heteroatoms. The summed E-state index contributed by atoms with van der Waals surface area (Å²) in [5, 5.41) is 50.3. The highest BCUT2D eigenvalue weighted by Crippen LogP contribution is 2.26. The van der Waals surface area contributed by atoms with Crippen LogP contribution in [0, 0.1) is 23.7 Å². The van der Waals surface area contributed by atoms with Crippen molar-refractivity contribution in [2.24, 2.45) is 23.7 Å². The van der Waals surface area contributed by atoms with Crippen LogP contribution in [0.3, 0.4) is 0 Å². The van der Waals surface area contributed by atoms with Crippen LogP contribution in [0.15, 0.2) is 24.3 Å². The summed E-state index contributed by atoms with van der Waals surface area (Å²) in [5.74, 6) is -7.83. The van der Waals surface area contributed by atoms with Crippen molar-refractivity contribution in [2.75, 3.05) is 34.3 Å². The first kappa shape index (κ1) is 63.4. The van der Waals surface area contributed by atoms with Gasteiger partial charge in [-0.3, -0.25) is 38.4 Å². The maximum absolute atomic E-state index is 14.3. The third-order valence-electron chi connectivity index (χ3n) is 13.8. The normalized spacial score (nSPS) is 19.3. The van der Waals surface area contributed by atoms with Crippen molar-refractivity contribution < 1.29 is 73.1 Å². The Morgan fingerprint density at radius 3 is 1.64 bits per heavy atom. The predicted octanol–water partition coefficient (Wildman–Crippen LogP) is 1.24. The van der Waals surface area contributed by atoms with E-state index in [0.29, 0.717) is 30.6 Å². The van der Waals surface area contributed by atoms with E-state index >= 15 is 0 Å². The van der Waals surface area contributed by atoms with E-state index in [0.717, 1.165) is 4.90 Å². The van der Waals surface area contributed by atoms with Crippen molar-refractivity contribution >= 4 is 53.3 Å². The Morgan fingerprint density at radius 2 is 1.19 bits per heavy atom. The topological polar surface area (TPSA) is 302 Å². The molecule has 1 aromatic rings. The van der Waals surface area contributed by atoms with Crippen LogP contribution < -0.4 is 20.7 Å². The first-order valence-electron chi connectivity index (χ1n) is 26.2. The van der Waals surface area contributed by atoms with Gasteiger partial charge in [0.1, 0.15) is 48.1 Å². The zero-order chi connectivity index (χ0) is 56.8. The standard InChI is InChI=1S/C53H85N7O15/c1-28(2)24-36(50(69)60-23-15-17-38(60)52(71)58(12)40(53(72)73)26-34-18-20-35(74-13)21-19-34)54-48(67)45(31(7)8)75-42(64)27-41(63)43(30(5)6)55-47(66)44(32(9)61)56-46(65)39(25-29(3)4)57(11)51(70)37-16-14-22-59(37)49(68)33(10)62/h18-21,28-33,36-41,43-45,61-63H,14-17,22-27H2,1-13H3,(H,54,67)(H,55,66)(H,56,65)(H,72,73)/t32-,33+,36+,37+,38+,39-,40+,41+,43-,44+,45+/m1/s1. The molecule has 0 aromatic heterocycles. The molecule has 3 rings (SSSR count). The number of benzene rings is 1. The number of esters is 1. The van der Waals surface area contributed by atoms with Crippen molar-refractivity contribution in [2.45, 2.75) is 187 Å². The van der Waals surface area contributed by atoms with Gasteiger partial charge in [0.25, 0.3) is 11.8 Å². The van der Waals surface area contributed by atoms with E-state index in [1.165, 1.54) is 49.8 Å². The van der Waals surface area contributed by atoms with Gasteiger partial charge in [0, 0.05) is 33.6 Å². The molecule has 0 saturated carbocycles. The second-order valence-electron chi connectivity index (χ2n) is 21.6. The summed E-state index contributed by atoms with van der Waals surface area (Å²) >= 11 is 0. The molecule has 75 heavy (non-hydrogen) atoms. The van der Waals surface area contributed by atoms with Crippen LogP contribution in [0.4, 0.5) is 0 Å². The lowest BCUT2D eigenvalue weighted by Crippen LogP contribution is -2.61. The lowest BCUT2D eigenvalue weighted by molar-refractivity contribution is -0.162. The molecule has 0 radical (unpaired) electrons. The summed E-state index contributed by atoms with van der Waals surface area (Å²) in [6.07, 6.45) is -4.72. The van der Waals surface area contributed by atoms with Gasteiger partial charge in [0.15, 0.2) is 6.10 Å². The first-order chi connectivity index (χ1) is 35.0. The van der Waals surface area contributed by atoms with Gasteiger partial charge in [-0.1, -0.05) is 67.5 Å². The number of carbonyl (C=O) groups is 9. The summed E-state index contributed by atoms with van der Waals surface area (Å²) < 4.78 is 10.9. The molecule has 2 heterocycles. The molecule has 2 aliphatic heterocycles. The maximum atomic E-state index is 14.3. The van der Waals surface area contributed by atoms with E-state index in [-0.39, 0.29) is 50.6 Å². The number of hydrogen-bond donors (Lipinski definition) is 7. The van der Waals surface area contributed by atoms with Crippen molar-refractivity contribution in [3.8, 4) is 5.75 Å². The van der Waals surface area contributed by atoms with Gasteiger partial charge >= 0.3 is 11.9 Å². The Labute approximate surface area is 441 Å². The second-order valence-corrected chi connectivity index (χ2v) is 21.6. The minimum atomic E-state index is -1.60. The molecule has 0 spiro atoms. The number of aliphatic hydroxyl groups excluding tert-OH is 3. The summed E-state index contributed by atoms with van der Waals surface area (Å²) in [5.41, 5.74) is 0.656. The van der Waals surface area contributed by atoms with Gasteiger partial charge in [-0.05, 0) is 93.7 Å². The number of ether oxygens (including phenoxy) is 2. The van der Waals surface area contributed by atoms with Crippen LogP contribution in [0.2, 0.25) is 0 Å². The van der Waals surface area contributed by atoms with E-state index in [4.69, 9.17) is 9.47 Å². The number of hydrogen-bond acceptors (Lipinski definition) is 14. The van der Waals surface area contributed by atoms with Crippen LogP contribution in [-0.2, 0) is 54.3 Å². The minimum Gasteiger partial charge on any atom is -0.497 e. The lowest BCUT2D eigenvalue weighted by Gasteiger charge is -2.35. The average molecular weight is 1060 g/mol. The van der Waals surface area contributed by atoms with E-state index in [9.17, 15) is 63.6 Å². The van der Waals surface area contributed by atoms with E-state index in [1.54, 1.807) is 52.0 Å². The molecular weight excluding hydrogens is 975 g/mol. The van der Waals surface area contributed by atoms with Crippen molar-refractivity contribution in [3.63, 3.8) is 0 Å². The fraction of sp³-hybridized carbons (Fsp3) is 0.717. The number of aliphatic hydroxyl groups is 3. The number of amides is 7. The van der Waals surface area contributed by atoms with Gasteiger partial charge in [0.05, 0.1) is 31.8 Å². The first-order valence-corrected chi connectivity index (χ1v) is 26.2. The Kier molecular flexibility index (Phi) is 24.4. The molecule has 7 amide bonds. The molecule has 422 valence electrons. The molecule has 0 unspecified atom stereocenters. The molecule has 0 aliphatic carbocycles. The van der Waals surface area contributed by atoms with Crippen LogP contribution in [0.1, 0.15) is 120 Å². The number of likely N-dealkylation sites (tertiary alicyclic amines) is 2. The molecule has 22 nitrogen and oxygen atoms in total. The number of nitrogens with zero attached hydrogens (tertiary/aromatic N) is 4. The smallest absolute Gasteiger partial charge is 0.326 e. The quantitative estimate of drug-likeness (QED) is 0.0610. The minimum absolute atomic E-state index is 0.00104. The molecule has 2 fully saturated rings. The van der Waals surface area contributed by atoms with Crippen LogP contribution in [0.5, 0.6) is 5.75 Å². The second kappa shape index (κ2) is 28.9. The number of carboxylic acids is 1. The summed E-state index contributed by atoms with van der Waals surface area (Å²) in [7, 11) is 4.31. The summed E-state index contributed by atoms with van der Waals surface area (Å²) in [4.78, 5) is 128. The largest absolute Gasteiger partial charge is 0.497 e. The lowest BCUT2D eigenvalue weighted by atomic mass is 9.95. The van der Waals surface area contributed by atoms with E-state index < -0.39 is 138 Å². The van der Waals surface area contributed by atoms with Gasteiger partial charge in [-0.2, -0.15) is 0 Å². The monoisotopic (exact) mass is 1060 g/mol. The molecule has 0 bridgehead atoms. The fourth-order valence-electron chi connectivity index (χ4n) is 9.60. The van der Waals surface area contributed by atoms with E-state index in [2.05, 4.69) is 16.0 Å². The predicted molar refractivity (Wildman–Crippen MR) is 275 cm³/mol. The molecule has 2 saturated heterocycles. The van der Waals surface area contributed by atoms with Gasteiger partial charge < -0.3 is 65.4 Å². The Bertz CT molecular complexity index is 2130. The molecule has 2 aliphatic rings. The number of aliphatic carboxylic acids is 1. The number of nitrogens with one attached hydrogen (secondary N) is 3. The van der Waals surface area contributed by atoms with Gasteiger partial charge in [0.2, 0.25) is 29.5 Å². The number of rotatable bonds is 27. The Hall–Kier alpha value is -5.87. The maximum Gasteiger partial charge on any atom is 0.326 e. The number of likely N-dealkylation sites (N-methyl/N-ethyl adjacent to an activating group) is 2. The van der Waals surface area contributed by atoms with Crippen LogP contribution in [0.25, 0.3) is 0 Å². The number of carboxylic acid groups (broad SMARTS) is 1. The number of carbonyl (C=O) groups excluding carboxylic acids is 8. The highest BCUT2D eigenvalue weighted by Gasteiger charge is 2.44. The highest BCUT2D eigenvalue weighted by molar-refractivity contribution is 5.96. The van der Waals surface area contributed by atoms with Crippen molar-refractivity contribution in [1.82, 2.24) is 35.6 Å². The Balaban J connectivity index is 1.73. The molecule has 7 N–H and O–H groups in total. The van der Waals surface area contributed by atoms with Crippen molar-refractivity contribution in [1.29, 1.82) is 0 Å². The zero-order valence-electron chi connectivity index (χ0n) is 46.1. The zero-order valence-corrected chi connectivity index (χ0v) is 46.1. The highest BCUT2D eigenvalue weighted by atomic mass is 16.5. The van der Waals surface area contributed by atoms with Crippen molar-refractivity contribution in [3.05, 3.63) is 29.8 Å². The molecule has 1 aromatic carbocycles. The average Bonchev–Trinajstić information content (AvgIpc) is 4.04. The van der Waals surface area contributed by atoms with Gasteiger partial charge in [-0.25, -0.2) is 4.79 Å². The summed E-state index contributed by atoms with van der Waals surface area (Å²) in [6.45, 7) is 16.9. The van der Waals surface area contributed by atoms with Crippen LogP contribution in [-0.4, -0.2) is 194 Å². The van der Waals surface area contributed by atoms with Gasteiger partial charge in [-0.15, -0.1) is 0 Å². The van der Waals surface area contributed by atoms with Crippen LogP contribution >= 0.6 is 0 Å². The fourth-order valence-corrected chi connectivity index (χ4v) is 9.60. The SMILES string of the molecule is COc1ccc(C[C@@H](C(=O)O)N(C)C(=O)[C@@H]2CCCN2C(=O)[C@H](CC(C)C)NC(=O)[C@@H](OC(=O)C[C@H](O)[C@H](NC(=O)[C@@H](NC(=O)[C@@H](CC(C)C)N(C)C(=O)[C@@H]2CCCN2C(=O)[C@H](C)O)[C@@H](C)O)C(C)C)C(C)C)cc1. The Morgan fingerprint density at radius 1 is 0.667 bits per heavy atom. The third-order valence-corrected chi connectivity index (χ3v) is 13.8. The van der Waals surface area contributed by atoms with E-state index in [1.807, 2.05) is 27.7 Å². The third kappa shape index (κ3) is 17.6. The summed E-state index contributed by atoms with van der Waals surface area (Å²) in [6, 6.07) is -1.40. The molecule has 11 atom stereocenters. The number of methoxy groups -OCH3 is 1.